The van der Waals surface area contributed by atoms with Crippen LogP contribution in [0, 0.1) is 0 Å². The number of hydrogen-bond acceptors (Lipinski definition) is 6. The Morgan fingerprint density at radius 1 is 1.04 bits per heavy atom. The summed E-state index contributed by atoms with van der Waals surface area (Å²) in [7, 11) is 0. The van der Waals surface area contributed by atoms with E-state index in [0.29, 0.717) is 25.3 Å². The Balaban J connectivity index is 1.63. The van der Waals surface area contributed by atoms with Crippen LogP contribution in [0.25, 0.3) is 0 Å². The monoisotopic (exact) mass is 360 g/mol. The van der Waals surface area contributed by atoms with Crippen molar-refractivity contribution in [3.05, 3.63) is 18.7 Å². The fourth-order valence-corrected chi connectivity index (χ4v) is 3.25. The lowest BCUT2D eigenvalue weighted by Crippen LogP contribution is -2.49. The highest BCUT2D eigenvalue weighted by Gasteiger charge is 2.22. The lowest BCUT2D eigenvalue weighted by Gasteiger charge is -2.35. The van der Waals surface area contributed by atoms with Gasteiger partial charge in [0.05, 0.1) is 0 Å². The zero-order valence-corrected chi connectivity index (χ0v) is 15.7. The van der Waals surface area contributed by atoms with Gasteiger partial charge in [-0.1, -0.05) is 31.8 Å². The number of amides is 1. The highest BCUT2D eigenvalue weighted by molar-refractivity contribution is 5.76. The van der Waals surface area contributed by atoms with E-state index in [1.54, 1.807) is 6.07 Å². The molecule has 1 aliphatic rings. The molecule has 0 radical (unpaired) electrons. The van der Waals surface area contributed by atoms with Crippen molar-refractivity contribution in [1.29, 1.82) is 0 Å². The normalized spacial score (nSPS) is 14.5. The van der Waals surface area contributed by atoms with Crippen molar-refractivity contribution in [1.82, 2.24) is 14.9 Å². The van der Waals surface area contributed by atoms with Gasteiger partial charge < -0.3 is 21.3 Å². The Hall–Kier alpha value is -2.31. The van der Waals surface area contributed by atoms with E-state index in [2.05, 4.69) is 21.4 Å². The van der Waals surface area contributed by atoms with Crippen molar-refractivity contribution in [3.63, 3.8) is 0 Å². The number of aromatic nitrogens is 2. The van der Waals surface area contributed by atoms with E-state index in [4.69, 9.17) is 11.5 Å². The average Bonchev–Trinajstić information content (AvgIpc) is 2.63. The maximum absolute atomic E-state index is 12.4. The van der Waals surface area contributed by atoms with E-state index in [0.717, 1.165) is 38.2 Å². The average molecular weight is 361 g/mol. The van der Waals surface area contributed by atoms with Crippen LogP contribution in [-0.4, -0.2) is 47.0 Å². The first-order valence-corrected chi connectivity index (χ1v) is 9.64. The first-order chi connectivity index (χ1) is 12.6. The number of carbonyl (C=O) groups excluding carboxylic acids is 1. The summed E-state index contributed by atoms with van der Waals surface area (Å²) in [6.45, 7) is 6.65. The molecule has 1 aliphatic heterocycles. The van der Waals surface area contributed by atoms with Gasteiger partial charge in [-0.2, -0.15) is 9.97 Å². The summed E-state index contributed by atoms with van der Waals surface area (Å²) in [6, 6.07) is 1.73. The molecule has 0 atom stereocenters. The van der Waals surface area contributed by atoms with Gasteiger partial charge in [0, 0.05) is 38.7 Å². The Kier molecular flexibility index (Phi) is 8.18. The Morgan fingerprint density at radius 3 is 2.35 bits per heavy atom. The van der Waals surface area contributed by atoms with Crippen molar-refractivity contribution < 1.29 is 4.79 Å². The molecule has 0 aliphatic carbocycles. The predicted octanol–water partition coefficient (Wildman–Crippen LogP) is 2.60. The summed E-state index contributed by atoms with van der Waals surface area (Å²) in [5.74, 6) is 1.55. The van der Waals surface area contributed by atoms with Crippen molar-refractivity contribution in [3.8, 4) is 0 Å². The van der Waals surface area contributed by atoms with Crippen LogP contribution in [-0.2, 0) is 4.79 Å². The topological polar surface area (TPSA) is 101 Å². The molecule has 1 fully saturated rings. The van der Waals surface area contributed by atoms with Crippen LogP contribution in [0.15, 0.2) is 18.7 Å². The Bertz CT molecular complexity index is 563. The number of allylic oxidation sites excluding steroid dienone is 1. The van der Waals surface area contributed by atoms with E-state index in [-0.39, 0.29) is 11.9 Å². The number of anilines is 3. The molecule has 1 aromatic heterocycles. The van der Waals surface area contributed by atoms with Crippen LogP contribution in [0.2, 0.25) is 0 Å². The lowest BCUT2D eigenvalue weighted by atomic mass is 10.1. The van der Waals surface area contributed by atoms with E-state index in [9.17, 15) is 4.79 Å². The van der Waals surface area contributed by atoms with Gasteiger partial charge in [-0.3, -0.25) is 4.79 Å². The van der Waals surface area contributed by atoms with Gasteiger partial charge in [0.25, 0.3) is 0 Å². The summed E-state index contributed by atoms with van der Waals surface area (Å²) < 4.78 is 0. The van der Waals surface area contributed by atoms with Crippen LogP contribution >= 0.6 is 0 Å². The zero-order chi connectivity index (χ0) is 18.8. The lowest BCUT2D eigenvalue weighted by molar-refractivity contribution is -0.131. The van der Waals surface area contributed by atoms with Gasteiger partial charge in [0.1, 0.15) is 11.6 Å². The molecule has 26 heavy (non-hydrogen) atoms. The van der Waals surface area contributed by atoms with Gasteiger partial charge in [0.15, 0.2) is 0 Å². The molecule has 0 unspecified atom stereocenters. The standard InChI is InChI=1S/C19H32N6O/c1-2-3-4-5-6-7-8-9-10-18(26)25-13-11-24(12-14-25)17-15-16(20)22-19(21)23-17/h2,15H,1,3-14H2,(H4,20,21,22,23). The molecule has 1 aromatic rings. The number of nitrogens with two attached hydrogens (primary N) is 2. The second kappa shape index (κ2) is 10.6. The Morgan fingerprint density at radius 2 is 1.69 bits per heavy atom. The van der Waals surface area contributed by atoms with Gasteiger partial charge in [0.2, 0.25) is 11.9 Å². The van der Waals surface area contributed by atoms with Crippen LogP contribution in [0.3, 0.4) is 0 Å². The third-order valence-electron chi connectivity index (χ3n) is 4.75. The fourth-order valence-electron chi connectivity index (χ4n) is 3.25. The molecule has 4 N–H and O–H groups in total. The molecule has 7 heteroatoms. The number of nitrogens with zero attached hydrogens (tertiary/aromatic N) is 4. The molecule has 0 saturated carbocycles. The third-order valence-corrected chi connectivity index (χ3v) is 4.75. The van der Waals surface area contributed by atoms with E-state index < -0.39 is 0 Å². The number of carbonyl (C=O) groups is 1. The van der Waals surface area contributed by atoms with E-state index in [1.807, 2.05) is 11.0 Å². The van der Waals surface area contributed by atoms with Crippen LogP contribution in [0.1, 0.15) is 51.4 Å². The highest BCUT2D eigenvalue weighted by atomic mass is 16.2. The third kappa shape index (κ3) is 6.54. The first-order valence-electron chi connectivity index (χ1n) is 9.64. The van der Waals surface area contributed by atoms with Gasteiger partial charge in [-0.15, -0.1) is 6.58 Å². The van der Waals surface area contributed by atoms with Gasteiger partial charge >= 0.3 is 0 Å². The zero-order valence-electron chi connectivity index (χ0n) is 15.7. The van der Waals surface area contributed by atoms with Crippen molar-refractivity contribution >= 4 is 23.5 Å². The molecule has 7 nitrogen and oxygen atoms in total. The first kappa shape index (κ1) is 20.0. The predicted molar refractivity (Wildman–Crippen MR) is 107 cm³/mol. The minimum absolute atomic E-state index is 0.183. The summed E-state index contributed by atoms with van der Waals surface area (Å²) in [4.78, 5) is 24.5. The van der Waals surface area contributed by atoms with Crippen LogP contribution in [0.4, 0.5) is 17.6 Å². The van der Waals surface area contributed by atoms with Crippen LogP contribution in [0.5, 0.6) is 0 Å². The summed E-state index contributed by atoms with van der Waals surface area (Å²) in [5, 5.41) is 0. The van der Waals surface area contributed by atoms with Crippen molar-refractivity contribution in [2.75, 3.05) is 42.5 Å². The molecule has 1 saturated heterocycles. The number of unbranched alkanes of at least 4 members (excludes halogenated alkanes) is 6. The molecule has 0 bridgehead atoms. The number of rotatable bonds is 10. The van der Waals surface area contributed by atoms with E-state index in [1.165, 1.54) is 25.7 Å². The Labute approximate surface area is 156 Å². The SMILES string of the molecule is C=CCCCCCCCCC(=O)N1CCN(c2cc(N)nc(N)n2)CC1. The van der Waals surface area contributed by atoms with Crippen LogP contribution < -0.4 is 16.4 Å². The number of nitrogen functional groups attached to an aromatic ring is 2. The maximum Gasteiger partial charge on any atom is 0.223 e. The highest BCUT2D eigenvalue weighted by Crippen LogP contribution is 2.18. The number of hydrogen-bond donors (Lipinski definition) is 2. The molecular formula is C19H32N6O. The second-order valence-corrected chi connectivity index (χ2v) is 6.83. The molecule has 2 rings (SSSR count). The van der Waals surface area contributed by atoms with Gasteiger partial charge in [-0.25, -0.2) is 0 Å². The van der Waals surface area contributed by atoms with Crippen molar-refractivity contribution in [2.45, 2.75) is 51.4 Å². The maximum atomic E-state index is 12.4. The fraction of sp³-hybridized carbons (Fsp3) is 0.632. The van der Waals surface area contributed by atoms with E-state index >= 15 is 0 Å². The molecule has 0 aromatic carbocycles. The summed E-state index contributed by atoms with van der Waals surface area (Å²) in [5.41, 5.74) is 11.4. The van der Waals surface area contributed by atoms with Crippen molar-refractivity contribution in [2.24, 2.45) is 0 Å². The quantitative estimate of drug-likeness (QED) is 0.491. The van der Waals surface area contributed by atoms with Gasteiger partial charge in [-0.05, 0) is 19.3 Å². The number of piperazine rings is 1. The minimum atomic E-state index is 0.183. The molecule has 0 spiro atoms. The minimum Gasteiger partial charge on any atom is -0.383 e. The molecular weight excluding hydrogens is 328 g/mol. The molecule has 1 amide bonds. The smallest absolute Gasteiger partial charge is 0.223 e. The molecule has 144 valence electrons. The molecule has 2 heterocycles. The summed E-state index contributed by atoms with van der Waals surface area (Å²) in [6.07, 6.45) is 10.8. The summed E-state index contributed by atoms with van der Waals surface area (Å²) >= 11 is 0. The largest absolute Gasteiger partial charge is 0.383 e. The second-order valence-electron chi connectivity index (χ2n) is 6.83.